The van der Waals surface area contributed by atoms with Crippen LogP contribution in [0.1, 0.15) is 24.2 Å². The van der Waals surface area contributed by atoms with Gasteiger partial charge in [0.25, 0.3) is 5.91 Å². The lowest BCUT2D eigenvalue weighted by molar-refractivity contribution is 0.0521. The van der Waals surface area contributed by atoms with Crippen molar-refractivity contribution in [2.24, 2.45) is 0 Å². The summed E-state index contributed by atoms with van der Waals surface area (Å²) in [5.41, 5.74) is 0.134. The molecule has 1 aromatic rings. The number of amides is 1. The van der Waals surface area contributed by atoms with Crippen LogP contribution < -0.4 is 0 Å². The maximum atomic E-state index is 12.5. The Balaban J connectivity index is 2.04. The van der Waals surface area contributed by atoms with Crippen molar-refractivity contribution < 1.29 is 4.79 Å². The Morgan fingerprint density at radius 3 is 2.48 bits per heavy atom. The number of carbonyl (C=O) groups excluding carboxylic acids is 1. The molecule has 0 atom stereocenters. The average molecular weight is 418 g/mol. The smallest absolute Gasteiger partial charge is 0.253 e. The number of hydrogen-bond acceptors (Lipinski definition) is 3. The summed E-state index contributed by atoms with van der Waals surface area (Å²) >= 11 is 8.22. The van der Waals surface area contributed by atoms with E-state index in [-0.39, 0.29) is 5.91 Å². The number of hydrogen-bond donors (Lipinski definition) is 0. The number of rotatable bonds is 2. The fraction of sp³-hybridized carbons (Fsp3) is 0.467. The highest BCUT2D eigenvalue weighted by molar-refractivity contribution is 14.1. The molecule has 0 radical (unpaired) electrons. The van der Waals surface area contributed by atoms with Crippen molar-refractivity contribution in [1.82, 2.24) is 9.80 Å². The Labute approximate surface area is 143 Å². The number of nitrogens with zero attached hydrogens (tertiary/aromatic N) is 3. The van der Waals surface area contributed by atoms with Crippen LogP contribution in [0.3, 0.4) is 0 Å². The van der Waals surface area contributed by atoms with E-state index in [4.69, 9.17) is 16.9 Å². The van der Waals surface area contributed by atoms with E-state index < -0.39 is 5.54 Å². The summed E-state index contributed by atoms with van der Waals surface area (Å²) in [7, 11) is 0. The molecule has 0 aliphatic carbocycles. The van der Waals surface area contributed by atoms with E-state index >= 15 is 0 Å². The van der Waals surface area contributed by atoms with Crippen molar-refractivity contribution in [2.75, 3.05) is 26.2 Å². The van der Waals surface area contributed by atoms with Crippen molar-refractivity contribution in [3.63, 3.8) is 0 Å². The van der Waals surface area contributed by atoms with E-state index in [0.717, 1.165) is 3.57 Å². The fourth-order valence-electron chi connectivity index (χ4n) is 2.35. The molecule has 0 aromatic heterocycles. The van der Waals surface area contributed by atoms with Gasteiger partial charge >= 0.3 is 0 Å². The summed E-state index contributed by atoms with van der Waals surface area (Å²) in [5, 5.41) is 9.77. The minimum atomic E-state index is -0.485. The summed E-state index contributed by atoms with van der Waals surface area (Å²) in [4.78, 5) is 16.4. The second kappa shape index (κ2) is 6.51. The largest absolute Gasteiger partial charge is 0.336 e. The Hall–Kier alpha value is -0.840. The lowest BCUT2D eigenvalue weighted by Crippen LogP contribution is -2.55. The predicted molar refractivity (Wildman–Crippen MR) is 91.3 cm³/mol. The highest BCUT2D eigenvalue weighted by Gasteiger charge is 2.31. The zero-order chi connectivity index (χ0) is 15.6. The maximum Gasteiger partial charge on any atom is 0.253 e. The third kappa shape index (κ3) is 3.68. The third-order valence-corrected chi connectivity index (χ3v) is 5.37. The quantitative estimate of drug-likeness (QED) is 0.695. The lowest BCUT2D eigenvalue weighted by atomic mass is 10.0. The first-order valence-corrected chi connectivity index (χ1v) is 8.21. The van der Waals surface area contributed by atoms with Crippen LogP contribution >= 0.6 is 34.2 Å². The van der Waals surface area contributed by atoms with Crippen LogP contribution in [0.5, 0.6) is 0 Å². The monoisotopic (exact) mass is 417 g/mol. The number of carbonyl (C=O) groups is 1. The molecule has 21 heavy (non-hydrogen) atoms. The van der Waals surface area contributed by atoms with Gasteiger partial charge in [0.15, 0.2) is 0 Å². The average Bonchev–Trinajstić information content (AvgIpc) is 2.49. The number of benzene rings is 1. The maximum absolute atomic E-state index is 12.5. The first-order chi connectivity index (χ1) is 9.85. The van der Waals surface area contributed by atoms with Gasteiger partial charge in [0, 0.05) is 35.3 Å². The van der Waals surface area contributed by atoms with Gasteiger partial charge in [-0.05, 0) is 54.6 Å². The standard InChI is InChI=1S/C15H17ClIN3O/c1-15(2,10-18)20-7-5-19(6-8-20)14(21)11-3-4-13(17)12(16)9-11/h3-4,9H,5-8H2,1-2H3. The molecular weight excluding hydrogens is 401 g/mol. The topological polar surface area (TPSA) is 47.3 Å². The van der Waals surface area contributed by atoms with Gasteiger partial charge in [0.2, 0.25) is 0 Å². The summed E-state index contributed by atoms with van der Waals surface area (Å²) in [6.45, 7) is 6.50. The Kier molecular flexibility index (Phi) is 5.12. The molecular formula is C15H17ClIN3O. The van der Waals surface area contributed by atoms with Gasteiger partial charge in [-0.3, -0.25) is 9.69 Å². The van der Waals surface area contributed by atoms with Crippen LogP contribution in [-0.2, 0) is 0 Å². The molecule has 0 bridgehead atoms. The zero-order valence-electron chi connectivity index (χ0n) is 12.1. The first kappa shape index (κ1) is 16.5. The van der Waals surface area contributed by atoms with E-state index in [1.165, 1.54) is 0 Å². The van der Waals surface area contributed by atoms with Crippen LogP contribution in [0, 0.1) is 14.9 Å². The second-order valence-corrected chi connectivity index (χ2v) is 7.15. The highest BCUT2D eigenvalue weighted by Crippen LogP contribution is 2.22. The number of piperazine rings is 1. The van der Waals surface area contributed by atoms with E-state index in [1.54, 1.807) is 6.07 Å². The molecule has 1 saturated heterocycles. The van der Waals surface area contributed by atoms with Crippen LogP contribution in [0.2, 0.25) is 5.02 Å². The minimum absolute atomic E-state index is 0.00251. The molecule has 1 aliphatic rings. The molecule has 1 amide bonds. The summed E-state index contributed by atoms with van der Waals surface area (Å²) in [6.07, 6.45) is 0. The minimum Gasteiger partial charge on any atom is -0.336 e. The number of halogens is 2. The summed E-state index contributed by atoms with van der Waals surface area (Å²) < 4.78 is 0.936. The van der Waals surface area contributed by atoms with E-state index in [9.17, 15) is 4.79 Å². The molecule has 1 heterocycles. The van der Waals surface area contributed by atoms with E-state index in [0.29, 0.717) is 36.8 Å². The van der Waals surface area contributed by atoms with Crippen LogP contribution in [0.15, 0.2) is 18.2 Å². The van der Waals surface area contributed by atoms with Crippen LogP contribution in [0.4, 0.5) is 0 Å². The Morgan fingerprint density at radius 1 is 1.33 bits per heavy atom. The second-order valence-electron chi connectivity index (χ2n) is 5.58. The fourth-order valence-corrected chi connectivity index (χ4v) is 2.87. The van der Waals surface area contributed by atoms with Crippen molar-refractivity contribution >= 4 is 40.1 Å². The predicted octanol–water partition coefficient (Wildman–Crippen LogP) is 3.00. The lowest BCUT2D eigenvalue weighted by Gasteiger charge is -2.40. The normalized spacial score (nSPS) is 16.6. The van der Waals surface area contributed by atoms with E-state index in [2.05, 4.69) is 33.6 Å². The van der Waals surface area contributed by atoms with Crippen LogP contribution in [0.25, 0.3) is 0 Å². The van der Waals surface area contributed by atoms with Crippen molar-refractivity contribution in [1.29, 1.82) is 5.26 Å². The number of nitriles is 1. The van der Waals surface area contributed by atoms with Crippen LogP contribution in [-0.4, -0.2) is 47.4 Å². The van der Waals surface area contributed by atoms with Gasteiger partial charge in [-0.15, -0.1) is 0 Å². The van der Waals surface area contributed by atoms with Gasteiger partial charge < -0.3 is 4.90 Å². The molecule has 6 heteroatoms. The van der Waals surface area contributed by atoms with Gasteiger partial charge in [-0.1, -0.05) is 11.6 Å². The van der Waals surface area contributed by atoms with Gasteiger partial charge in [-0.25, -0.2) is 0 Å². The Bertz CT molecular complexity index is 589. The first-order valence-electron chi connectivity index (χ1n) is 6.76. The van der Waals surface area contributed by atoms with Crippen molar-refractivity contribution in [3.8, 4) is 6.07 Å². The third-order valence-electron chi connectivity index (χ3n) is 3.80. The molecule has 4 nitrogen and oxygen atoms in total. The molecule has 1 aliphatic heterocycles. The highest BCUT2D eigenvalue weighted by atomic mass is 127. The molecule has 2 rings (SSSR count). The van der Waals surface area contributed by atoms with E-state index in [1.807, 2.05) is 30.9 Å². The van der Waals surface area contributed by atoms with Crippen molar-refractivity contribution in [2.45, 2.75) is 19.4 Å². The molecule has 0 saturated carbocycles. The van der Waals surface area contributed by atoms with Gasteiger partial charge in [0.1, 0.15) is 5.54 Å². The Morgan fingerprint density at radius 2 is 1.95 bits per heavy atom. The van der Waals surface area contributed by atoms with Gasteiger partial charge in [0.05, 0.1) is 11.1 Å². The molecule has 0 spiro atoms. The molecule has 0 unspecified atom stereocenters. The zero-order valence-corrected chi connectivity index (χ0v) is 15.0. The van der Waals surface area contributed by atoms with Crippen molar-refractivity contribution in [3.05, 3.63) is 32.4 Å². The molecule has 112 valence electrons. The SMILES string of the molecule is CC(C)(C#N)N1CCN(C(=O)c2ccc(I)c(Cl)c2)CC1. The molecule has 1 fully saturated rings. The van der Waals surface area contributed by atoms with Gasteiger partial charge in [-0.2, -0.15) is 5.26 Å². The molecule has 0 N–H and O–H groups in total. The summed E-state index contributed by atoms with van der Waals surface area (Å²) in [5.74, 6) is 0.00251. The summed E-state index contributed by atoms with van der Waals surface area (Å²) in [6, 6.07) is 7.68. The molecule has 1 aromatic carbocycles.